The summed E-state index contributed by atoms with van der Waals surface area (Å²) in [5.41, 5.74) is 1.97. The van der Waals surface area contributed by atoms with E-state index < -0.39 is 0 Å². The Balaban J connectivity index is 2.68. The maximum absolute atomic E-state index is 8.88. The van der Waals surface area contributed by atoms with Crippen LogP contribution in [0.25, 0.3) is 0 Å². The van der Waals surface area contributed by atoms with Crippen LogP contribution in [-0.4, -0.2) is 22.2 Å². The number of aliphatic hydroxyl groups excluding tert-OH is 1. The van der Waals surface area contributed by atoms with Crippen molar-refractivity contribution in [3.05, 3.63) is 24.0 Å². The molecule has 1 rings (SSSR count). The summed E-state index contributed by atoms with van der Waals surface area (Å²) in [5, 5.41) is 12.2. The maximum Gasteiger partial charge on any atom is 0.0453 e. The number of nitrogens with one attached hydrogen (secondary N) is 1. The first kappa shape index (κ1) is 11.0. The van der Waals surface area contributed by atoms with E-state index in [1.807, 2.05) is 19.1 Å². The molecule has 0 fully saturated rings. The molecule has 2 N–H and O–H groups in total. The van der Waals surface area contributed by atoms with Crippen molar-refractivity contribution >= 4 is 5.69 Å². The highest BCUT2D eigenvalue weighted by molar-refractivity contribution is 5.45. The smallest absolute Gasteiger partial charge is 0.0453 e. The van der Waals surface area contributed by atoms with Gasteiger partial charge in [-0.1, -0.05) is 0 Å². The zero-order valence-corrected chi connectivity index (χ0v) is 9.04. The largest absolute Gasteiger partial charge is 0.396 e. The molecule has 0 saturated heterocycles. The van der Waals surface area contributed by atoms with Crippen molar-refractivity contribution in [3.63, 3.8) is 0 Å². The van der Waals surface area contributed by atoms with Crippen molar-refractivity contribution < 1.29 is 5.11 Å². The van der Waals surface area contributed by atoms with Crippen molar-refractivity contribution in [1.82, 2.24) is 4.98 Å². The highest BCUT2D eigenvalue weighted by Gasteiger charge is 2.16. The number of nitrogens with zero attached hydrogens (tertiary/aromatic N) is 1. The molecule has 1 aromatic rings. The molecule has 78 valence electrons. The minimum atomic E-state index is -0.0808. The Morgan fingerprint density at radius 3 is 2.79 bits per heavy atom. The lowest BCUT2D eigenvalue weighted by molar-refractivity contribution is 0.261. The van der Waals surface area contributed by atoms with E-state index in [2.05, 4.69) is 24.1 Å². The number of aryl methyl sites for hydroxylation is 1. The molecule has 1 aromatic heterocycles. The van der Waals surface area contributed by atoms with E-state index in [4.69, 9.17) is 5.11 Å². The van der Waals surface area contributed by atoms with Crippen LogP contribution in [-0.2, 0) is 0 Å². The summed E-state index contributed by atoms with van der Waals surface area (Å²) in [6, 6.07) is 3.94. The van der Waals surface area contributed by atoms with Crippen LogP contribution in [0.5, 0.6) is 0 Å². The molecular weight excluding hydrogens is 176 g/mol. The number of hydrogen-bond acceptors (Lipinski definition) is 3. The average Bonchev–Trinajstić information content (AvgIpc) is 2.02. The molecule has 0 aliphatic rings. The monoisotopic (exact) mass is 194 g/mol. The first-order valence-corrected chi connectivity index (χ1v) is 4.85. The molecule has 14 heavy (non-hydrogen) atoms. The van der Waals surface area contributed by atoms with Crippen LogP contribution in [0.4, 0.5) is 5.69 Å². The van der Waals surface area contributed by atoms with Gasteiger partial charge >= 0.3 is 0 Å². The van der Waals surface area contributed by atoms with E-state index in [0.29, 0.717) is 0 Å². The van der Waals surface area contributed by atoms with E-state index in [1.54, 1.807) is 6.20 Å². The first-order valence-electron chi connectivity index (χ1n) is 4.85. The van der Waals surface area contributed by atoms with E-state index in [0.717, 1.165) is 17.8 Å². The predicted octanol–water partition coefficient (Wildman–Crippen LogP) is 1.96. The quantitative estimate of drug-likeness (QED) is 0.770. The van der Waals surface area contributed by atoms with Crippen molar-refractivity contribution in [3.8, 4) is 0 Å². The molecule has 1 heterocycles. The molecule has 0 bridgehead atoms. The van der Waals surface area contributed by atoms with Crippen LogP contribution in [0.15, 0.2) is 18.3 Å². The topological polar surface area (TPSA) is 45.1 Å². The molecule has 0 aliphatic carbocycles. The van der Waals surface area contributed by atoms with Crippen LogP contribution in [0.3, 0.4) is 0 Å². The summed E-state index contributed by atoms with van der Waals surface area (Å²) in [5.74, 6) is 0. The van der Waals surface area contributed by atoms with Gasteiger partial charge in [0.2, 0.25) is 0 Å². The van der Waals surface area contributed by atoms with Crippen LogP contribution in [0.2, 0.25) is 0 Å². The Hall–Kier alpha value is -1.09. The average molecular weight is 194 g/mol. The second-order valence-electron chi connectivity index (χ2n) is 4.17. The molecule has 0 unspecified atom stereocenters. The lowest BCUT2D eigenvalue weighted by Gasteiger charge is -2.26. The van der Waals surface area contributed by atoms with Gasteiger partial charge in [0.1, 0.15) is 0 Å². The summed E-state index contributed by atoms with van der Waals surface area (Å²) < 4.78 is 0. The fourth-order valence-electron chi connectivity index (χ4n) is 1.36. The molecule has 0 aromatic carbocycles. The number of rotatable bonds is 4. The van der Waals surface area contributed by atoms with Crippen molar-refractivity contribution in [2.45, 2.75) is 32.7 Å². The fraction of sp³-hybridized carbons (Fsp3) is 0.545. The molecule has 0 amide bonds. The lowest BCUT2D eigenvalue weighted by Crippen LogP contribution is -2.31. The Morgan fingerprint density at radius 2 is 2.21 bits per heavy atom. The normalized spacial score (nSPS) is 11.4. The van der Waals surface area contributed by atoms with Gasteiger partial charge in [0.05, 0.1) is 0 Å². The van der Waals surface area contributed by atoms with E-state index in [9.17, 15) is 0 Å². The van der Waals surface area contributed by atoms with E-state index in [1.165, 1.54) is 0 Å². The van der Waals surface area contributed by atoms with Gasteiger partial charge in [-0.05, 0) is 39.3 Å². The minimum Gasteiger partial charge on any atom is -0.396 e. The second-order valence-corrected chi connectivity index (χ2v) is 4.17. The van der Waals surface area contributed by atoms with Crippen LogP contribution >= 0.6 is 0 Å². The summed E-state index contributed by atoms with van der Waals surface area (Å²) in [6.45, 7) is 6.30. The van der Waals surface area contributed by atoms with Crippen LogP contribution in [0.1, 0.15) is 26.0 Å². The summed E-state index contributed by atoms with van der Waals surface area (Å²) in [6.07, 6.45) is 2.51. The number of pyridine rings is 1. The van der Waals surface area contributed by atoms with Crippen LogP contribution in [0, 0.1) is 6.92 Å². The van der Waals surface area contributed by atoms with Crippen LogP contribution < -0.4 is 5.32 Å². The Labute approximate surface area is 85.2 Å². The van der Waals surface area contributed by atoms with E-state index in [-0.39, 0.29) is 12.1 Å². The van der Waals surface area contributed by atoms with Crippen molar-refractivity contribution in [2.24, 2.45) is 0 Å². The third-order valence-corrected chi connectivity index (χ3v) is 2.12. The number of hydrogen-bond donors (Lipinski definition) is 2. The molecular formula is C11H18N2O. The van der Waals surface area contributed by atoms with Gasteiger partial charge in [0, 0.05) is 29.7 Å². The summed E-state index contributed by atoms with van der Waals surface area (Å²) in [7, 11) is 0. The minimum absolute atomic E-state index is 0.0808. The number of aromatic nitrogens is 1. The Bertz CT molecular complexity index is 297. The lowest BCUT2D eigenvalue weighted by atomic mass is 10.0. The third kappa shape index (κ3) is 3.34. The highest BCUT2D eigenvalue weighted by atomic mass is 16.3. The molecule has 0 radical (unpaired) electrons. The number of aliphatic hydroxyl groups is 1. The number of anilines is 1. The highest BCUT2D eigenvalue weighted by Crippen LogP contribution is 2.17. The maximum atomic E-state index is 8.88. The zero-order chi connectivity index (χ0) is 10.6. The molecule has 0 aliphatic heterocycles. The molecule has 0 saturated carbocycles. The van der Waals surface area contributed by atoms with Gasteiger partial charge in [0.25, 0.3) is 0 Å². The second kappa shape index (κ2) is 4.42. The van der Waals surface area contributed by atoms with Crippen molar-refractivity contribution in [1.29, 1.82) is 0 Å². The standard InChI is InChI=1S/C11H18N2O/c1-9-8-10(4-6-12-9)13-11(2,3)5-7-14/h4,6,8,14H,5,7H2,1-3H3,(H,12,13). The van der Waals surface area contributed by atoms with Gasteiger partial charge in [-0.3, -0.25) is 4.98 Å². The first-order chi connectivity index (χ1) is 6.53. The third-order valence-electron chi connectivity index (χ3n) is 2.12. The van der Waals surface area contributed by atoms with Gasteiger partial charge in [-0.15, -0.1) is 0 Å². The van der Waals surface area contributed by atoms with Gasteiger partial charge in [0.15, 0.2) is 0 Å². The summed E-state index contributed by atoms with van der Waals surface area (Å²) in [4.78, 5) is 4.13. The van der Waals surface area contributed by atoms with Crippen molar-refractivity contribution in [2.75, 3.05) is 11.9 Å². The van der Waals surface area contributed by atoms with E-state index >= 15 is 0 Å². The Kier molecular flexibility index (Phi) is 3.47. The molecule has 0 atom stereocenters. The van der Waals surface area contributed by atoms with Gasteiger partial charge in [-0.2, -0.15) is 0 Å². The molecule has 3 nitrogen and oxygen atoms in total. The zero-order valence-electron chi connectivity index (χ0n) is 9.04. The fourth-order valence-corrected chi connectivity index (χ4v) is 1.36. The predicted molar refractivity (Wildman–Crippen MR) is 58.4 cm³/mol. The SMILES string of the molecule is Cc1cc(NC(C)(C)CCO)ccn1. The Morgan fingerprint density at radius 1 is 1.50 bits per heavy atom. The summed E-state index contributed by atoms with van der Waals surface area (Å²) >= 11 is 0. The molecule has 3 heteroatoms. The molecule has 0 spiro atoms. The van der Waals surface area contributed by atoms with Gasteiger partial charge < -0.3 is 10.4 Å². The van der Waals surface area contributed by atoms with Gasteiger partial charge in [-0.25, -0.2) is 0 Å².